The lowest BCUT2D eigenvalue weighted by atomic mass is 10.1. The number of nitrogens with two attached hydrogens (primary N) is 1. The number of benzene rings is 2. The normalized spacial score (nSPS) is 11.3. The number of carbonyl (C=O) groups is 1. The van der Waals surface area contributed by atoms with Gasteiger partial charge in [-0.3, -0.25) is 4.79 Å². The number of methoxy groups -OCH3 is 1. The first-order valence-electron chi connectivity index (χ1n) is 6.46. The summed E-state index contributed by atoms with van der Waals surface area (Å²) in [6.45, 7) is 0. The van der Waals surface area contributed by atoms with E-state index in [2.05, 4.69) is 4.74 Å². The van der Waals surface area contributed by atoms with Crippen molar-refractivity contribution in [3.63, 3.8) is 0 Å². The Morgan fingerprint density at radius 1 is 1.04 bits per heavy atom. The molecule has 0 saturated carbocycles. The summed E-state index contributed by atoms with van der Waals surface area (Å²) in [4.78, 5) is 11.3. The van der Waals surface area contributed by atoms with Gasteiger partial charge in [-0.15, -0.1) is 0 Å². The van der Waals surface area contributed by atoms with Gasteiger partial charge in [-0.1, -0.05) is 0 Å². The number of halogens is 6. The highest BCUT2D eigenvalue weighted by Crippen LogP contribution is 2.40. The Kier molecular flexibility index (Phi) is 4.82. The average Bonchev–Trinajstić information content (AvgIpc) is 2.51. The zero-order chi connectivity index (χ0) is 18.9. The van der Waals surface area contributed by atoms with Crippen LogP contribution in [0.15, 0.2) is 24.3 Å². The quantitative estimate of drug-likeness (QED) is 0.833. The van der Waals surface area contributed by atoms with Crippen molar-refractivity contribution in [3.05, 3.63) is 52.8 Å². The van der Waals surface area contributed by atoms with Gasteiger partial charge >= 0.3 is 6.18 Å². The Balaban J connectivity index is 2.63. The molecule has 0 aliphatic rings. The van der Waals surface area contributed by atoms with Gasteiger partial charge in [0.05, 0.1) is 18.2 Å². The molecule has 0 aromatic heterocycles. The van der Waals surface area contributed by atoms with Crippen LogP contribution in [0, 0.1) is 17.5 Å². The first-order chi connectivity index (χ1) is 11.6. The zero-order valence-electron chi connectivity index (χ0n) is 12.4. The third-order valence-electron chi connectivity index (χ3n) is 3.08. The standard InChI is InChI=1S/C15H9F6NO3/c1-24-13-10(3-2-8(16)12(13)18)25-11-5-7(15(19,20)21)9(17)4-6(11)14(22)23/h2-5H,1H3,(H2,22,23). The van der Waals surface area contributed by atoms with Crippen LogP contribution in [0.25, 0.3) is 0 Å². The SMILES string of the molecule is COc1c(Oc2cc(C(F)(F)F)c(F)cc2C(N)=O)ccc(F)c1F. The predicted octanol–water partition coefficient (Wildman–Crippen LogP) is 4.02. The van der Waals surface area contributed by atoms with Gasteiger partial charge in [0.1, 0.15) is 11.6 Å². The van der Waals surface area contributed by atoms with E-state index >= 15 is 0 Å². The first-order valence-corrected chi connectivity index (χ1v) is 6.46. The van der Waals surface area contributed by atoms with Crippen molar-refractivity contribution < 1.29 is 40.6 Å². The van der Waals surface area contributed by atoms with Crippen molar-refractivity contribution in [2.24, 2.45) is 5.73 Å². The number of hydrogen-bond donors (Lipinski definition) is 1. The van der Waals surface area contributed by atoms with E-state index in [1.54, 1.807) is 0 Å². The summed E-state index contributed by atoms with van der Waals surface area (Å²) in [7, 11) is 0.964. The number of carbonyl (C=O) groups excluding carboxylic acids is 1. The van der Waals surface area contributed by atoms with Gasteiger partial charge in [0.15, 0.2) is 11.6 Å². The Hall–Kier alpha value is -2.91. The predicted molar refractivity (Wildman–Crippen MR) is 72.9 cm³/mol. The molecular formula is C15H9F6NO3. The fourth-order valence-corrected chi connectivity index (χ4v) is 1.95. The number of primary amides is 1. The van der Waals surface area contributed by atoms with Crippen LogP contribution < -0.4 is 15.2 Å². The fourth-order valence-electron chi connectivity index (χ4n) is 1.95. The van der Waals surface area contributed by atoms with Crippen molar-refractivity contribution in [2.75, 3.05) is 7.11 Å². The molecule has 0 unspecified atom stereocenters. The molecule has 0 fully saturated rings. The second kappa shape index (κ2) is 6.54. The number of rotatable bonds is 4. The molecule has 2 aromatic rings. The highest BCUT2D eigenvalue weighted by atomic mass is 19.4. The van der Waals surface area contributed by atoms with Gasteiger partial charge < -0.3 is 15.2 Å². The molecule has 10 heteroatoms. The van der Waals surface area contributed by atoms with E-state index < -0.39 is 57.9 Å². The smallest absolute Gasteiger partial charge is 0.419 e. The van der Waals surface area contributed by atoms with E-state index in [1.165, 1.54) is 0 Å². The summed E-state index contributed by atoms with van der Waals surface area (Å²) >= 11 is 0. The van der Waals surface area contributed by atoms with Crippen molar-refractivity contribution in [2.45, 2.75) is 6.18 Å². The monoisotopic (exact) mass is 365 g/mol. The largest absolute Gasteiger partial charge is 0.490 e. The highest BCUT2D eigenvalue weighted by Gasteiger charge is 2.36. The van der Waals surface area contributed by atoms with E-state index in [9.17, 15) is 31.1 Å². The maximum absolute atomic E-state index is 13.6. The van der Waals surface area contributed by atoms with Crippen LogP contribution in [0.3, 0.4) is 0 Å². The van der Waals surface area contributed by atoms with Crippen LogP contribution in [-0.4, -0.2) is 13.0 Å². The Labute approximate surface area is 136 Å². The van der Waals surface area contributed by atoms with Gasteiger partial charge in [0.2, 0.25) is 11.6 Å². The lowest BCUT2D eigenvalue weighted by Crippen LogP contribution is -2.16. The second-order valence-electron chi connectivity index (χ2n) is 4.69. The summed E-state index contributed by atoms with van der Waals surface area (Å²) in [5.74, 6) is -7.88. The molecule has 25 heavy (non-hydrogen) atoms. The summed E-state index contributed by atoms with van der Waals surface area (Å²) in [6.07, 6.45) is -5.09. The summed E-state index contributed by atoms with van der Waals surface area (Å²) in [5.41, 5.74) is 2.54. The zero-order valence-corrected chi connectivity index (χ0v) is 12.4. The third-order valence-corrected chi connectivity index (χ3v) is 3.08. The third kappa shape index (κ3) is 3.62. The lowest BCUT2D eigenvalue weighted by Gasteiger charge is -2.16. The molecule has 0 bridgehead atoms. The Morgan fingerprint density at radius 3 is 2.20 bits per heavy atom. The number of alkyl halides is 3. The number of hydrogen-bond acceptors (Lipinski definition) is 3. The van der Waals surface area contributed by atoms with Crippen molar-refractivity contribution >= 4 is 5.91 Å². The van der Waals surface area contributed by atoms with Gasteiger partial charge in [-0.2, -0.15) is 17.6 Å². The number of amides is 1. The summed E-state index contributed by atoms with van der Waals surface area (Å²) < 4.78 is 88.5. The molecule has 1 amide bonds. The number of ether oxygens (including phenoxy) is 2. The molecule has 0 radical (unpaired) electrons. The molecule has 0 heterocycles. The van der Waals surface area contributed by atoms with Crippen LogP contribution in [0.5, 0.6) is 17.2 Å². The Bertz CT molecular complexity index is 835. The van der Waals surface area contributed by atoms with Gasteiger partial charge in [0.25, 0.3) is 5.91 Å². The molecule has 0 aliphatic heterocycles. The fraction of sp³-hybridized carbons (Fsp3) is 0.133. The topological polar surface area (TPSA) is 61.6 Å². The lowest BCUT2D eigenvalue weighted by molar-refractivity contribution is -0.140. The summed E-state index contributed by atoms with van der Waals surface area (Å²) in [5, 5.41) is 0. The highest BCUT2D eigenvalue weighted by molar-refractivity contribution is 5.96. The molecule has 0 spiro atoms. The molecule has 4 nitrogen and oxygen atoms in total. The van der Waals surface area contributed by atoms with Crippen LogP contribution in [0.1, 0.15) is 15.9 Å². The van der Waals surface area contributed by atoms with E-state index in [-0.39, 0.29) is 12.1 Å². The minimum atomic E-state index is -5.09. The van der Waals surface area contributed by atoms with E-state index in [1.807, 2.05) is 0 Å². The second-order valence-corrected chi connectivity index (χ2v) is 4.69. The maximum Gasteiger partial charge on any atom is 0.419 e. The van der Waals surface area contributed by atoms with E-state index in [0.717, 1.165) is 13.2 Å². The van der Waals surface area contributed by atoms with Crippen molar-refractivity contribution in [1.29, 1.82) is 0 Å². The van der Waals surface area contributed by atoms with E-state index in [4.69, 9.17) is 10.5 Å². The average molecular weight is 365 g/mol. The maximum atomic E-state index is 13.6. The molecular weight excluding hydrogens is 356 g/mol. The summed E-state index contributed by atoms with van der Waals surface area (Å²) in [6, 6.07) is 1.92. The minimum absolute atomic E-state index is 0.191. The van der Waals surface area contributed by atoms with Crippen LogP contribution in [-0.2, 0) is 6.18 Å². The molecule has 2 aromatic carbocycles. The van der Waals surface area contributed by atoms with Crippen LogP contribution in [0.4, 0.5) is 26.3 Å². The molecule has 0 atom stereocenters. The minimum Gasteiger partial charge on any atom is -0.490 e. The first kappa shape index (κ1) is 18.4. The van der Waals surface area contributed by atoms with Crippen LogP contribution >= 0.6 is 0 Å². The Morgan fingerprint density at radius 2 is 1.68 bits per heavy atom. The van der Waals surface area contributed by atoms with Crippen molar-refractivity contribution in [3.8, 4) is 17.2 Å². The molecule has 0 aliphatic carbocycles. The van der Waals surface area contributed by atoms with Gasteiger partial charge in [-0.05, 0) is 24.3 Å². The molecule has 134 valence electrons. The van der Waals surface area contributed by atoms with Crippen LogP contribution in [0.2, 0.25) is 0 Å². The molecule has 2 N–H and O–H groups in total. The van der Waals surface area contributed by atoms with Gasteiger partial charge in [-0.25, -0.2) is 8.78 Å². The van der Waals surface area contributed by atoms with Crippen molar-refractivity contribution in [1.82, 2.24) is 0 Å². The van der Waals surface area contributed by atoms with Gasteiger partial charge in [0, 0.05) is 0 Å². The van der Waals surface area contributed by atoms with E-state index in [0.29, 0.717) is 6.07 Å². The molecule has 0 saturated heterocycles. The molecule has 2 rings (SSSR count).